The molecular formula is C20H19N3O3. The van der Waals surface area contributed by atoms with Gasteiger partial charge in [-0.2, -0.15) is 4.98 Å². The summed E-state index contributed by atoms with van der Waals surface area (Å²) in [5.41, 5.74) is 2.79. The number of aromatic nitrogens is 3. The lowest BCUT2D eigenvalue weighted by Crippen LogP contribution is -2.05. The highest BCUT2D eigenvalue weighted by Gasteiger charge is 2.12. The second-order valence-corrected chi connectivity index (χ2v) is 5.80. The molecule has 0 radical (unpaired) electrons. The third kappa shape index (κ3) is 3.80. The fourth-order valence-electron chi connectivity index (χ4n) is 2.75. The van der Waals surface area contributed by atoms with Crippen LogP contribution in [0.4, 0.5) is 0 Å². The molecule has 0 unspecified atom stereocenters. The molecule has 0 saturated carbocycles. The minimum atomic E-state index is -0.947. The van der Waals surface area contributed by atoms with E-state index in [2.05, 4.69) is 10.1 Å². The highest BCUT2D eigenvalue weighted by molar-refractivity contribution is 5.95. The van der Waals surface area contributed by atoms with E-state index in [0.717, 1.165) is 11.1 Å². The Morgan fingerprint density at radius 2 is 1.88 bits per heavy atom. The van der Waals surface area contributed by atoms with E-state index in [4.69, 9.17) is 0 Å². The van der Waals surface area contributed by atoms with Crippen LogP contribution in [-0.4, -0.2) is 30.9 Å². The zero-order valence-electron chi connectivity index (χ0n) is 14.3. The van der Waals surface area contributed by atoms with Crippen LogP contribution in [0, 0.1) is 0 Å². The summed E-state index contributed by atoms with van der Waals surface area (Å²) in [5, 5.41) is 22.9. The SMILES string of the molecule is C/C=C/Cn1nc(O)nc1Cc1ccc(-c2ccccc2C(=O)O)cc1. The molecule has 0 aliphatic carbocycles. The summed E-state index contributed by atoms with van der Waals surface area (Å²) in [6.45, 7) is 2.47. The first-order valence-corrected chi connectivity index (χ1v) is 8.24. The topological polar surface area (TPSA) is 88.2 Å². The lowest BCUT2D eigenvalue weighted by molar-refractivity contribution is 0.0697. The number of hydrogen-bond acceptors (Lipinski definition) is 4. The van der Waals surface area contributed by atoms with Crippen LogP contribution in [0.25, 0.3) is 11.1 Å². The largest absolute Gasteiger partial charge is 0.478 e. The first kappa shape index (κ1) is 17.4. The summed E-state index contributed by atoms with van der Waals surface area (Å²) in [6.07, 6.45) is 4.37. The molecular weight excluding hydrogens is 330 g/mol. The number of aromatic hydroxyl groups is 1. The van der Waals surface area contributed by atoms with Gasteiger partial charge >= 0.3 is 12.0 Å². The summed E-state index contributed by atoms with van der Waals surface area (Å²) < 4.78 is 1.66. The van der Waals surface area contributed by atoms with E-state index in [1.807, 2.05) is 49.4 Å². The number of nitrogens with zero attached hydrogens (tertiary/aromatic N) is 3. The van der Waals surface area contributed by atoms with E-state index in [0.29, 0.717) is 24.4 Å². The fraction of sp³-hybridized carbons (Fsp3) is 0.150. The Morgan fingerprint density at radius 3 is 2.58 bits per heavy atom. The maximum absolute atomic E-state index is 11.4. The molecule has 3 rings (SSSR count). The lowest BCUT2D eigenvalue weighted by Gasteiger charge is -2.08. The molecule has 132 valence electrons. The number of carboxylic acid groups (broad SMARTS) is 1. The number of benzene rings is 2. The van der Waals surface area contributed by atoms with E-state index in [9.17, 15) is 15.0 Å². The highest BCUT2D eigenvalue weighted by Crippen LogP contribution is 2.24. The van der Waals surface area contributed by atoms with E-state index in [-0.39, 0.29) is 11.6 Å². The van der Waals surface area contributed by atoms with Crippen LogP contribution in [-0.2, 0) is 13.0 Å². The van der Waals surface area contributed by atoms with Gasteiger partial charge < -0.3 is 10.2 Å². The van der Waals surface area contributed by atoms with Crippen LogP contribution < -0.4 is 0 Å². The van der Waals surface area contributed by atoms with Crippen LogP contribution in [0.1, 0.15) is 28.7 Å². The monoisotopic (exact) mass is 349 g/mol. The molecule has 2 N–H and O–H groups in total. The standard InChI is InChI=1S/C20H19N3O3/c1-2-3-12-23-18(21-20(26)22-23)13-14-8-10-15(11-9-14)16-6-4-5-7-17(16)19(24)25/h2-11H,12-13H2,1H3,(H,22,26)(H,24,25)/b3-2+. The molecule has 1 aromatic heterocycles. The van der Waals surface area contributed by atoms with E-state index >= 15 is 0 Å². The third-order valence-electron chi connectivity index (χ3n) is 4.04. The Labute approximate surface area is 151 Å². The zero-order chi connectivity index (χ0) is 18.5. The maximum Gasteiger partial charge on any atom is 0.336 e. The summed E-state index contributed by atoms with van der Waals surface area (Å²) in [6, 6.07) is 14.3. The minimum Gasteiger partial charge on any atom is -0.478 e. The molecule has 0 fully saturated rings. The van der Waals surface area contributed by atoms with Crippen LogP contribution in [0.15, 0.2) is 60.7 Å². The van der Waals surface area contributed by atoms with Crippen LogP contribution in [0.3, 0.4) is 0 Å². The van der Waals surface area contributed by atoms with Gasteiger partial charge in [-0.3, -0.25) is 0 Å². The van der Waals surface area contributed by atoms with Gasteiger partial charge in [0.2, 0.25) is 0 Å². The van der Waals surface area contributed by atoms with Gasteiger partial charge in [-0.05, 0) is 29.7 Å². The maximum atomic E-state index is 11.4. The van der Waals surface area contributed by atoms with Crippen molar-refractivity contribution in [3.63, 3.8) is 0 Å². The average Bonchev–Trinajstić information content (AvgIpc) is 2.99. The smallest absolute Gasteiger partial charge is 0.336 e. The highest BCUT2D eigenvalue weighted by atomic mass is 16.4. The van der Waals surface area contributed by atoms with Gasteiger partial charge in [0.05, 0.1) is 12.1 Å². The zero-order valence-corrected chi connectivity index (χ0v) is 14.3. The van der Waals surface area contributed by atoms with Gasteiger partial charge in [0.25, 0.3) is 0 Å². The first-order valence-electron chi connectivity index (χ1n) is 8.24. The quantitative estimate of drug-likeness (QED) is 0.665. The molecule has 0 aliphatic rings. The summed E-state index contributed by atoms with van der Waals surface area (Å²) in [4.78, 5) is 15.5. The first-order chi connectivity index (χ1) is 12.6. The van der Waals surface area contributed by atoms with Crippen LogP contribution in [0.2, 0.25) is 0 Å². The van der Waals surface area contributed by atoms with Crippen molar-refractivity contribution in [3.8, 4) is 17.1 Å². The van der Waals surface area contributed by atoms with Crippen molar-refractivity contribution in [1.29, 1.82) is 0 Å². The van der Waals surface area contributed by atoms with Crippen molar-refractivity contribution < 1.29 is 15.0 Å². The molecule has 0 spiro atoms. The minimum absolute atomic E-state index is 0.239. The number of allylic oxidation sites excluding steroid dienone is 2. The second kappa shape index (κ2) is 7.65. The number of carbonyl (C=O) groups is 1. The van der Waals surface area contributed by atoms with Crippen LogP contribution in [0.5, 0.6) is 6.01 Å². The van der Waals surface area contributed by atoms with Crippen LogP contribution >= 0.6 is 0 Å². The van der Waals surface area contributed by atoms with Gasteiger partial charge in [0, 0.05) is 6.42 Å². The predicted octanol–water partition coefficient (Wildman–Crippen LogP) is 3.52. The summed E-state index contributed by atoms with van der Waals surface area (Å²) >= 11 is 0. The Kier molecular flexibility index (Phi) is 5.12. The van der Waals surface area contributed by atoms with Crippen molar-refractivity contribution in [3.05, 3.63) is 77.6 Å². The number of aromatic carboxylic acids is 1. The molecule has 0 atom stereocenters. The Hall–Kier alpha value is -3.41. The lowest BCUT2D eigenvalue weighted by atomic mass is 9.98. The van der Waals surface area contributed by atoms with Crippen molar-refractivity contribution >= 4 is 5.97 Å². The van der Waals surface area contributed by atoms with E-state index < -0.39 is 5.97 Å². The van der Waals surface area contributed by atoms with Gasteiger partial charge in [0.15, 0.2) is 0 Å². The molecule has 0 aliphatic heterocycles. The average molecular weight is 349 g/mol. The Balaban J connectivity index is 1.84. The van der Waals surface area contributed by atoms with Crippen molar-refractivity contribution in [1.82, 2.24) is 14.8 Å². The van der Waals surface area contributed by atoms with E-state index in [1.54, 1.807) is 22.9 Å². The molecule has 26 heavy (non-hydrogen) atoms. The van der Waals surface area contributed by atoms with E-state index in [1.165, 1.54) is 0 Å². The fourth-order valence-corrected chi connectivity index (χ4v) is 2.75. The molecule has 2 aromatic carbocycles. The molecule has 6 nitrogen and oxygen atoms in total. The second-order valence-electron chi connectivity index (χ2n) is 5.80. The summed E-state index contributed by atoms with van der Waals surface area (Å²) in [7, 11) is 0. The van der Waals surface area contributed by atoms with Crippen molar-refractivity contribution in [2.45, 2.75) is 19.9 Å². The number of hydrogen-bond donors (Lipinski definition) is 2. The molecule has 0 bridgehead atoms. The predicted molar refractivity (Wildman–Crippen MR) is 98.1 cm³/mol. The number of rotatable bonds is 6. The Bertz CT molecular complexity index is 943. The molecule has 3 aromatic rings. The molecule has 0 saturated heterocycles. The van der Waals surface area contributed by atoms with Gasteiger partial charge in [-0.1, -0.05) is 54.6 Å². The van der Waals surface area contributed by atoms with Crippen molar-refractivity contribution in [2.24, 2.45) is 0 Å². The van der Waals surface area contributed by atoms with Gasteiger partial charge in [-0.15, -0.1) is 5.10 Å². The summed E-state index contributed by atoms with van der Waals surface area (Å²) in [5.74, 6) is -0.281. The van der Waals surface area contributed by atoms with Gasteiger partial charge in [-0.25, -0.2) is 9.48 Å². The third-order valence-corrected chi connectivity index (χ3v) is 4.04. The molecule has 1 heterocycles. The molecule has 0 amide bonds. The normalized spacial score (nSPS) is 11.1. The van der Waals surface area contributed by atoms with Gasteiger partial charge in [0.1, 0.15) is 5.82 Å². The number of carboxylic acids is 1. The Morgan fingerprint density at radius 1 is 1.15 bits per heavy atom. The molecule has 6 heteroatoms. The van der Waals surface area contributed by atoms with Crippen molar-refractivity contribution in [2.75, 3.05) is 0 Å².